The number of hydrogen-bond acceptors (Lipinski definition) is 4. The van der Waals surface area contributed by atoms with Gasteiger partial charge in [-0.1, -0.05) is 0 Å². The molecule has 0 bridgehead atoms. The Morgan fingerprint density at radius 3 is 3.09 bits per heavy atom. The number of rotatable bonds is 2. The van der Waals surface area contributed by atoms with Gasteiger partial charge < -0.3 is 11.1 Å². The molecule has 1 rings (SSSR count). The Kier molecular flexibility index (Phi) is 2.27. The average molecular weight is 149 g/mol. The van der Waals surface area contributed by atoms with Crippen molar-refractivity contribution in [3.63, 3.8) is 0 Å². The molecule has 0 fully saturated rings. The fraction of sp³-hybridized carbons (Fsp3) is 0. The van der Waals surface area contributed by atoms with Crippen LogP contribution in [0.1, 0.15) is 5.69 Å². The molecule has 0 saturated heterocycles. The van der Waals surface area contributed by atoms with Gasteiger partial charge in [-0.2, -0.15) is 0 Å². The molecular formula is C6H7N5. The van der Waals surface area contributed by atoms with E-state index in [-0.39, 0.29) is 5.95 Å². The second-order valence-corrected chi connectivity index (χ2v) is 1.70. The van der Waals surface area contributed by atoms with E-state index in [1.54, 1.807) is 6.07 Å². The lowest BCUT2D eigenvalue weighted by Gasteiger charge is -1.91. The molecule has 1 aromatic rings. The Balaban J connectivity index is 3.00. The highest BCUT2D eigenvalue weighted by Gasteiger charge is 1.91. The Bertz CT molecular complexity index is 280. The van der Waals surface area contributed by atoms with Gasteiger partial charge in [0, 0.05) is 12.4 Å². The van der Waals surface area contributed by atoms with Crippen LogP contribution in [0.4, 0.5) is 5.95 Å². The number of nitrogens with one attached hydrogen (secondary N) is 1. The number of nitrogens with zero attached hydrogens (tertiary/aromatic N) is 3. The molecule has 1 heterocycles. The molecule has 0 atom stereocenters. The summed E-state index contributed by atoms with van der Waals surface area (Å²) in [5, 5.41) is 6.87. The summed E-state index contributed by atoms with van der Waals surface area (Å²) >= 11 is 0. The van der Waals surface area contributed by atoms with E-state index in [0.29, 0.717) is 5.69 Å². The summed E-state index contributed by atoms with van der Waals surface area (Å²) in [6.07, 6.45) is 3.76. The van der Waals surface area contributed by atoms with Crippen molar-refractivity contribution < 1.29 is 0 Å². The molecule has 5 heteroatoms. The van der Waals surface area contributed by atoms with Gasteiger partial charge in [-0.05, 0) is 6.07 Å². The second kappa shape index (κ2) is 3.40. The third-order valence-electron chi connectivity index (χ3n) is 1.00. The van der Waals surface area contributed by atoms with Crippen molar-refractivity contribution in [3.05, 3.63) is 18.0 Å². The lowest BCUT2D eigenvalue weighted by molar-refractivity contribution is 1.12. The van der Waals surface area contributed by atoms with Gasteiger partial charge in [-0.25, -0.2) is 15.0 Å². The summed E-state index contributed by atoms with van der Waals surface area (Å²) in [6.45, 7) is 0. The van der Waals surface area contributed by atoms with Crippen molar-refractivity contribution in [2.24, 2.45) is 10.7 Å². The molecule has 0 aliphatic rings. The van der Waals surface area contributed by atoms with Gasteiger partial charge in [0.2, 0.25) is 0 Å². The predicted molar refractivity (Wildman–Crippen MR) is 42.3 cm³/mol. The highest BCUT2D eigenvalue weighted by atomic mass is 15.0. The van der Waals surface area contributed by atoms with Crippen molar-refractivity contribution in [2.75, 3.05) is 0 Å². The van der Waals surface area contributed by atoms with Crippen LogP contribution in [-0.2, 0) is 0 Å². The van der Waals surface area contributed by atoms with Gasteiger partial charge in [0.1, 0.15) is 0 Å². The van der Waals surface area contributed by atoms with E-state index in [4.69, 9.17) is 11.1 Å². The molecule has 0 aromatic carbocycles. The van der Waals surface area contributed by atoms with Crippen molar-refractivity contribution in [2.45, 2.75) is 0 Å². The summed E-state index contributed by atoms with van der Waals surface area (Å²) in [6, 6.07) is 1.61. The number of nitrogens with two attached hydrogens (primary N) is 1. The second-order valence-electron chi connectivity index (χ2n) is 1.70. The van der Waals surface area contributed by atoms with Crippen LogP contribution in [-0.4, -0.2) is 22.5 Å². The Labute approximate surface area is 63.5 Å². The van der Waals surface area contributed by atoms with Crippen LogP contribution in [0.5, 0.6) is 0 Å². The zero-order chi connectivity index (χ0) is 8.10. The lowest BCUT2D eigenvalue weighted by atomic mass is 10.4. The molecule has 0 saturated carbocycles. The van der Waals surface area contributed by atoms with Crippen LogP contribution in [0.2, 0.25) is 0 Å². The maximum absolute atomic E-state index is 6.87. The third kappa shape index (κ3) is 1.82. The minimum absolute atomic E-state index is 0.272. The van der Waals surface area contributed by atoms with Gasteiger partial charge in [0.25, 0.3) is 5.95 Å². The van der Waals surface area contributed by atoms with E-state index < -0.39 is 0 Å². The van der Waals surface area contributed by atoms with Gasteiger partial charge in [0.15, 0.2) is 0 Å². The van der Waals surface area contributed by atoms with E-state index in [0.717, 1.165) is 12.6 Å². The Hall–Kier alpha value is -1.78. The number of hydrogen-bond donors (Lipinski definition) is 2. The molecule has 0 aliphatic carbocycles. The summed E-state index contributed by atoms with van der Waals surface area (Å²) in [4.78, 5) is 11.3. The van der Waals surface area contributed by atoms with Gasteiger partial charge in [-0.3, -0.25) is 0 Å². The Morgan fingerprint density at radius 1 is 1.64 bits per heavy atom. The molecule has 0 unspecified atom stereocenters. The highest BCUT2D eigenvalue weighted by molar-refractivity contribution is 5.74. The van der Waals surface area contributed by atoms with Crippen molar-refractivity contribution >= 4 is 18.5 Å². The lowest BCUT2D eigenvalue weighted by Crippen LogP contribution is -1.91. The zero-order valence-electron chi connectivity index (χ0n) is 5.73. The summed E-state index contributed by atoms with van der Waals surface area (Å²) in [5.41, 5.74) is 5.54. The average Bonchev–Trinajstić information content (AvgIpc) is 2.06. The van der Waals surface area contributed by atoms with E-state index >= 15 is 0 Å². The van der Waals surface area contributed by atoms with Gasteiger partial charge in [0.05, 0.1) is 12.0 Å². The van der Waals surface area contributed by atoms with Gasteiger partial charge >= 0.3 is 0 Å². The van der Waals surface area contributed by atoms with Crippen LogP contribution in [0.15, 0.2) is 17.3 Å². The SMILES string of the molecule is N=Cc1ccnc(N=CN)n1. The van der Waals surface area contributed by atoms with Gasteiger partial charge in [-0.15, -0.1) is 0 Å². The topological polar surface area (TPSA) is 88.0 Å². The summed E-state index contributed by atoms with van der Waals surface area (Å²) < 4.78 is 0. The van der Waals surface area contributed by atoms with Crippen LogP contribution in [0.25, 0.3) is 0 Å². The minimum atomic E-state index is 0.272. The molecule has 0 radical (unpaired) electrons. The third-order valence-corrected chi connectivity index (χ3v) is 1.00. The van der Waals surface area contributed by atoms with Crippen LogP contribution >= 0.6 is 0 Å². The van der Waals surface area contributed by atoms with E-state index in [1.165, 1.54) is 6.20 Å². The molecule has 11 heavy (non-hydrogen) atoms. The molecule has 0 aliphatic heterocycles. The van der Waals surface area contributed by atoms with Crippen molar-refractivity contribution in [1.82, 2.24) is 9.97 Å². The van der Waals surface area contributed by atoms with Crippen LogP contribution in [0, 0.1) is 5.41 Å². The molecular weight excluding hydrogens is 142 g/mol. The van der Waals surface area contributed by atoms with Crippen LogP contribution < -0.4 is 5.73 Å². The summed E-state index contributed by atoms with van der Waals surface area (Å²) in [5.74, 6) is 0.272. The number of aromatic nitrogens is 2. The first kappa shape index (κ1) is 7.33. The highest BCUT2D eigenvalue weighted by Crippen LogP contribution is 2.00. The first-order valence-electron chi connectivity index (χ1n) is 2.94. The van der Waals surface area contributed by atoms with E-state index in [9.17, 15) is 0 Å². The quantitative estimate of drug-likeness (QED) is 0.461. The molecule has 56 valence electrons. The van der Waals surface area contributed by atoms with Crippen LogP contribution in [0.3, 0.4) is 0 Å². The molecule has 5 nitrogen and oxygen atoms in total. The molecule has 3 N–H and O–H groups in total. The first-order chi connectivity index (χ1) is 5.36. The molecule has 1 aromatic heterocycles. The fourth-order valence-electron chi connectivity index (χ4n) is 0.571. The van der Waals surface area contributed by atoms with E-state index in [2.05, 4.69) is 15.0 Å². The first-order valence-corrected chi connectivity index (χ1v) is 2.94. The van der Waals surface area contributed by atoms with Crippen molar-refractivity contribution in [3.8, 4) is 0 Å². The standard InChI is InChI=1S/C6H7N5/c7-3-5-1-2-9-6(11-5)10-4-8/h1-4,7H,(H2,8,9,10,11). The fourth-order valence-corrected chi connectivity index (χ4v) is 0.571. The smallest absolute Gasteiger partial charge is 0.251 e. The van der Waals surface area contributed by atoms with Crippen molar-refractivity contribution in [1.29, 1.82) is 5.41 Å². The normalized spacial score (nSPS) is 10.2. The Morgan fingerprint density at radius 2 is 2.45 bits per heavy atom. The largest absolute Gasteiger partial charge is 0.390 e. The predicted octanol–water partition coefficient (Wildman–Crippen LogP) is 0.0928. The number of aliphatic imine (C=N–C) groups is 1. The maximum Gasteiger partial charge on any atom is 0.251 e. The maximum atomic E-state index is 6.87. The molecule has 0 amide bonds. The summed E-state index contributed by atoms with van der Waals surface area (Å²) in [7, 11) is 0. The minimum Gasteiger partial charge on any atom is -0.390 e. The zero-order valence-corrected chi connectivity index (χ0v) is 5.73. The monoisotopic (exact) mass is 149 g/mol. The molecule has 0 spiro atoms. The van der Waals surface area contributed by atoms with E-state index in [1.807, 2.05) is 0 Å².